The summed E-state index contributed by atoms with van der Waals surface area (Å²) in [6.45, 7) is 1.80. The molecular formula is C19H26Cl2N2O4. The van der Waals surface area contributed by atoms with Crippen LogP contribution < -0.4 is 5.32 Å². The van der Waals surface area contributed by atoms with Gasteiger partial charge in [-0.1, -0.05) is 29.3 Å². The molecule has 1 amide bonds. The molecule has 0 aromatic heterocycles. The van der Waals surface area contributed by atoms with Gasteiger partial charge < -0.3 is 19.9 Å². The second kappa shape index (κ2) is 9.54. The van der Waals surface area contributed by atoms with Crippen molar-refractivity contribution < 1.29 is 19.4 Å². The number of aliphatic hydroxyl groups is 1. The Morgan fingerprint density at radius 2 is 2.11 bits per heavy atom. The van der Waals surface area contributed by atoms with E-state index in [1.807, 2.05) is 12.1 Å². The van der Waals surface area contributed by atoms with Crippen LogP contribution in [0, 0.1) is 0 Å². The molecule has 1 aromatic rings. The van der Waals surface area contributed by atoms with Gasteiger partial charge in [-0.3, -0.25) is 9.69 Å². The van der Waals surface area contributed by atoms with Gasteiger partial charge in [0.15, 0.2) is 0 Å². The molecule has 2 aliphatic rings. The van der Waals surface area contributed by atoms with Crippen molar-refractivity contribution in [3.8, 4) is 0 Å². The van der Waals surface area contributed by atoms with Crippen molar-refractivity contribution in [2.45, 2.75) is 50.2 Å². The lowest BCUT2D eigenvalue weighted by Gasteiger charge is -2.44. The van der Waals surface area contributed by atoms with E-state index in [-0.39, 0.29) is 30.8 Å². The van der Waals surface area contributed by atoms with Crippen molar-refractivity contribution in [2.24, 2.45) is 0 Å². The highest BCUT2D eigenvalue weighted by Crippen LogP contribution is 2.30. The number of benzene rings is 1. The highest BCUT2D eigenvalue weighted by molar-refractivity contribution is 6.42. The zero-order chi connectivity index (χ0) is 19.4. The molecule has 1 aromatic carbocycles. The molecular weight excluding hydrogens is 391 g/mol. The fourth-order valence-corrected chi connectivity index (χ4v) is 4.13. The van der Waals surface area contributed by atoms with E-state index in [0.29, 0.717) is 36.2 Å². The van der Waals surface area contributed by atoms with Crippen molar-refractivity contribution >= 4 is 29.1 Å². The molecule has 8 heteroatoms. The Kier molecular flexibility index (Phi) is 7.36. The number of aliphatic hydroxyl groups excluding tert-OH is 1. The Balaban J connectivity index is 1.73. The third-order valence-electron chi connectivity index (χ3n) is 5.15. The molecule has 27 heavy (non-hydrogen) atoms. The van der Waals surface area contributed by atoms with Gasteiger partial charge in [0, 0.05) is 26.2 Å². The zero-order valence-corrected chi connectivity index (χ0v) is 16.9. The van der Waals surface area contributed by atoms with E-state index in [4.69, 9.17) is 32.7 Å². The molecule has 2 fully saturated rings. The SMILES string of the molecule is CNC(=O)C[C@@H]1CC[C@@H]2[C@H](COC[C@H](O)CN2Cc2ccc(Cl)c(Cl)c2)O1. The van der Waals surface area contributed by atoms with E-state index in [1.54, 1.807) is 13.1 Å². The van der Waals surface area contributed by atoms with Gasteiger partial charge in [0.1, 0.15) is 0 Å². The van der Waals surface area contributed by atoms with Crippen LogP contribution in [0.15, 0.2) is 18.2 Å². The first-order chi connectivity index (χ1) is 13.0. The van der Waals surface area contributed by atoms with Crippen LogP contribution in [0.1, 0.15) is 24.8 Å². The molecule has 3 rings (SSSR count). The van der Waals surface area contributed by atoms with Crippen LogP contribution in [0.3, 0.4) is 0 Å². The fraction of sp³-hybridized carbons (Fsp3) is 0.632. The van der Waals surface area contributed by atoms with Gasteiger partial charge in [-0.25, -0.2) is 0 Å². The van der Waals surface area contributed by atoms with Gasteiger partial charge in [0.05, 0.1) is 48.0 Å². The van der Waals surface area contributed by atoms with Gasteiger partial charge in [-0.2, -0.15) is 0 Å². The Labute approximate surface area is 169 Å². The average Bonchev–Trinajstić information content (AvgIpc) is 2.63. The van der Waals surface area contributed by atoms with E-state index in [9.17, 15) is 9.90 Å². The molecule has 0 radical (unpaired) electrons. The molecule has 0 bridgehead atoms. The number of nitrogens with zero attached hydrogens (tertiary/aromatic N) is 1. The first-order valence-corrected chi connectivity index (χ1v) is 10.0. The van der Waals surface area contributed by atoms with Crippen LogP contribution in [0.25, 0.3) is 0 Å². The molecule has 2 N–H and O–H groups in total. The number of nitrogens with one attached hydrogen (secondary N) is 1. The molecule has 0 unspecified atom stereocenters. The van der Waals surface area contributed by atoms with Gasteiger partial charge in [-0.15, -0.1) is 0 Å². The normalized spacial score (nSPS) is 29.5. The number of halogens is 2. The smallest absolute Gasteiger partial charge is 0.222 e. The van der Waals surface area contributed by atoms with E-state index >= 15 is 0 Å². The maximum absolute atomic E-state index is 11.7. The van der Waals surface area contributed by atoms with Crippen molar-refractivity contribution in [2.75, 3.05) is 26.8 Å². The van der Waals surface area contributed by atoms with Gasteiger partial charge in [0.25, 0.3) is 0 Å². The lowest BCUT2D eigenvalue weighted by Crippen LogP contribution is -2.55. The first kappa shape index (κ1) is 20.8. The largest absolute Gasteiger partial charge is 0.389 e. The number of carbonyl (C=O) groups is 1. The highest BCUT2D eigenvalue weighted by Gasteiger charge is 2.37. The number of ether oxygens (including phenoxy) is 2. The van der Waals surface area contributed by atoms with Crippen LogP contribution in [0.2, 0.25) is 10.0 Å². The topological polar surface area (TPSA) is 71.0 Å². The molecule has 0 spiro atoms. The lowest BCUT2D eigenvalue weighted by molar-refractivity contribution is -0.158. The maximum atomic E-state index is 11.7. The summed E-state index contributed by atoms with van der Waals surface area (Å²) in [6, 6.07) is 5.70. The average molecular weight is 417 g/mol. The van der Waals surface area contributed by atoms with Crippen LogP contribution in [-0.2, 0) is 20.8 Å². The van der Waals surface area contributed by atoms with E-state index in [2.05, 4.69) is 10.2 Å². The Morgan fingerprint density at radius 1 is 1.30 bits per heavy atom. The third kappa shape index (κ3) is 5.56. The molecule has 6 nitrogen and oxygen atoms in total. The monoisotopic (exact) mass is 416 g/mol. The summed E-state index contributed by atoms with van der Waals surface area (Å²) in [5.41, 5.74) is 1.03. The second-order valence-electron chi connectivity index (χ2n) is 7.19. The van der Waals surface area contributed by atoms with Gasteiger partial charge >= 0.3 is 0 Å². The van der Waals surface area contributed by atoms with E-state index in [1.165, 1.54) is 0 Å². The predicted molar refractivity (Wildman–Crippen MR) is 104 cm³/mol. The third-order valence-corrected chi connectivity index (χ3v) is 5.89. The summed E-state index contributed by atoms with van der Waals surface area (Å²) in [5, 5.41) is 13.9. The molecule has 2 aliphatic heterocycles. The molecule has 150 valence electrons. The minimum Gasteiger partial charge on any atom is -0.389 e. The quantitative estimate of drug-likeness (QED) is 0.787. The van der Waals surface area contributed by atoms with Crippen molar-refractivity contribution in [1.82, 2.24) is 10.2 Å². The number of hydrogen-bond acceptors (Lipinski definition) is 5. The summed E-state index contributed by atoms with van der Waals surface area (Å²) >= 11 is 12.2. The van der Waals surface area contributed by atoms with Crippen molar-refractivity contribution in [3.05, 3.63) is 33.8 Å². The van der Waals surface area contributed by atoms with Crippen LogP contribution in [0.4, 0.5) is 0 Å². The minimum atomic E-state index is -0.558. The molecule has 2 heterocycles. The number of amides is 1. The van der Waals surface area contributed by atoms with E-state index < -0.39 is 6.10 Å². The molecule has 4 atom stereocenters. The number of carbonyl (C=O) groups excluding carboxylic acids is 1. The van der Waals surface area contributed by atoms with Crippen LogP contribution >= 0.6 is 23.2 Å². The summed E-state index contributed by atoms with van der Waals surface area (Å²) in [7, 11) is 1.63. The second-order valence-corrected chi connectivity index (χ2v) is 8.00. The van der Waals surface area contributed by atoms with E-state index in [0.717, 1.165) is 18.4 Å². The maximum Gasteiger partial charge on any atom is 0.222 e. The highest BCUT2D eigenvalue weighted by atomic mass is 35.5. The lowest BCUT2D eigenvalue weighted by atomic mass is 9.94. The molecule has 0 saturated carbocycles. The van der Waals surface area contributed by atoms with Crippen molar-refractivity contribution in [1.29, 1.82) is 0 Å². The van der Waals surface area contributed by atoms with Crippen LogP contribution in [-0.4, -0.2) is 67.1 Å². The summed E-state index contributed by atoms with van der Waals surface area (Å²) in [6.07, 6.45) is 1.23. The Morgan fingerprint density at radius 3 is 2.85 bits per heavy atom. The van der Waals surface area contributed by atoms with Gasteiger partial charge in [0.2, 0.25) is 5.91 Å². The number of hydrogen-bond donors (Lipinski definition) is 2. The number of fused-ring (bicyclic) bond motifs is 1. The first-order valence-electron chi connectivity index (χ1n) is 9.26. The molecule has 2 saturated heterocycles. The summed E-state index contributed by atoms with van der Waals surface area (Å²) in [5.74, 6) is -0.0201. The predicted octanol–water partition coefficient (Wildman–Crippen LogP) is 2.24. The number of β-amino-alcohol motifs (C(OH)–C–C–N with tert-alkyl or cyclic N) is 1. The Bertz CT molecular complexity index is 661. The standard InChI is InChI=1S/C19H26Cl2N2O4/c1-22-19(25)7-14-3-5-17-18(27-14)11-26-10-13(24)9-23(17)8-12-2-4-15(20)16(21)6-12/h2,4,6,13-14,17-18,24H,3,5,7-11H2,1H3,(H,22,25)/t13-,14+,17-,18+/m1/s1. The summed E-state index contributed by atoms with van der Waals surface area (Å²) < 4.78 is 11.8. The van der Waals surface area contributed by atoms with Gasteiger partial charge in [-0.05, 0) is 30.5 Å². The fourth-order valence-electron chi connectivity index (χ4n) is 3.81. The Hall–Kier alpha value is -0.890. The van der Waals surface area contributed by atoms with Crippen molar-refractivity contribution in [3.63, 3.8) is 0 Å². The number of rotatable bonds is 4. The molecule has 0 aliphatic carbocycles. The zero-order valence-electron chi connectivity index (χ0n) is 15.4. The van der Waals surface area contributed by atoms with Crippen LogP contribution in [0.5, 0.6) is 0 Å². The minimum absolute atomic E-state index is 0.0201. The summed E-state index contributed by atoms with van der Waals surface area (Å²) in [4.78, 5) is 13.9.